The number of rotatable bonds is 4. The highest BCUT2D eigenvalue weighted by molar-refractivity contribution is 6.30. The summed E-state index contributed by atoms with van der Waals surface area (Å²) in [6.07, 6.45) is -0.0584. The fourth-order valence-corrected chi connectivity index (χ4v) is 2.76. The zero-order chi connectivity index (χ0) is 17.0. The third-order valence-electron chi connectivity index (χ3n) is 3.89. The fraction of sp³-hybridized carbons (Fsp3) is 0.562. The molecule has 23 heavy (non-hydrogen) atoms. The number of carbonyl (C=O) groups is 1. The number of hydrogen-bond acceptors (Lipinski definition) is 3. The minimum absolute atomic E-state index is 0.0532. The molecule has 2 amide bonds. The summed E-state index contributed by atoms with van der Waals surface area (Å²) in [6, 6.07) is 3.70. The maximum Gasteiger partial charge on any atom is 0.318 e. The standard InChI is InChI=1S/C16H22ClFN2O3/c1-10(21)7-13-9-23-6-5-20(13)16(22)19-11(2)12-3-4-14(17)15(18)8-12/h3-4,8,10-11,13,21H,5-7,9H2,1-2H3,(H,19,22). The number of urea groups is 1. The summed E-state index contributed by atoms with van der Waals surface area (Å²) in [6.45, 7) is 4.80. The van der Waals surface area contributed by atoms with Gasteiger partial charge in [-0.15, -0.1) is 0 Å². The number of ether oxygens (including phenoxy) is 1. The smallest absolute Gasteiger partial charge is 0.318 e. The van der Waals surface area contributed by atoms with Gasteiger partial charge in [0.1, 0.15) is 5.82 Å². The molecule has 1 fully saturated rings. The molecule has 0 aliphatic carbocycles. The molecule has 1 heterocycles. The average molecular weight is 345 g/mol. The van der Waals surface area contributed by atoms with Gasteiger partial charge in [-0.3, -0.25) is 0 Å². The Morgan fingerprint density at radius 2 is 2.30 bits per heavy atom. The minimum Gasteiger partial charge on any atom is -0.393 e. The van der Waals surface area contributed by atoms with Crippen molar-refractivity contribution in [2.75, 3.05) is 19.8 Å². The highest BCUT2D eigenvalue weighted by atomic mass is 35.5. The van der Waals surface area contributed by atoms with E-state index in [1.54, 1.807) is 24.8 Å². The number of aliphatic hydroxyl groups excluding tert-OH is 1. The molecule has 1 aromatic carbocycles. The minimum atomic E-state index is -0.514. The van der Waals surface area contributed by atoms with Gasteiger partial charge in [0.15, 0.2) is 0 Å². The predicted octanol–water partition coefficient (Wildman–Crippen LogP) is 2.72. The summed E-state index contributed by atoms with van der Waals surface area (Å²) in [7, 11) is 0. The van der Waals surface area contributed by atoms with Crippen LogP contribution in [0.4, 0.5) is 9.18 Å². The lowest BCUT2D eigenvalue weighted by atomic mass is 10.1. The highest BCUT2D eigenvalue weighted by Gasteiger charge is 2.29. The van der Waals surface area contributed by atoms with Crippen LogP contribution in [0.5, 0.6) is 0 Å². The van der Waals surface area contributed by atoms with Gasteiger partial charge in [-0.2, -0.15) is 0 Å². The Kier molecular flexibility index (Phi) is 6.21. The molecule has 7 heteroatoms. The first-order valence-corrected chi connectivity index (χ1v) is 8.04. The molecule has 1 aliphatic heterocycles. The van der Waals surface area contributed by atoms with Crippen LogP contribution in [0.1, 0.15) is 31.9 Å². The van der Waals surface area contributed by atoms with Crippen molar-refractivity contribution >= 4 is 17.6 Å². The summed E-state index contributed by atoms with van der Waals surface area (Å²) >= 11 is 5.67. The molecule has 5 nitrogen and oxygen atoms in total. The molecule has 3 unspecified atom stereocenters. The van der Waals surface area contributed by atoms with Gasteiger partial charge in [0.05, 0.1) is 36.4 Å². The maximum atomic E-state index is 13.5. The van der Waals surface area contributed by atoms with E-state index in [0.29, 0.717) is 31.7 Å². The fourth-order valence-electron chi connectivity index (χ4n) is 2.64. The summed E-state index contributed by atoms with van der Waals surface area (Å²) in [5, 5.41) is 12.5. The van der Waals surface area contributed by atoms with Gasteiger partial charge in [-0.05, 0) is 38.0 Å². The molecule has 128 valence electrons. The first-order valence-electron chi connectivity index (χ1n) is 7.66. The van der Waals surface area contributed by atoms with Crippen LogP contribution in [-0.4, -0.2) is 47.9 Å². The molecule has 1 aromatic rings. The van der Waals surface area contributed by atoms with Crippen LogP contribution in [-0.2, 0) is 4.74 Å². The van der Waals surface area contributed by atoms with Crippen molar-refractivity contribution in [3.05, 3.63) is 34.6 Å². The molecule has 2 rings (SSSR count). The quantitative estimate of drug-likeness (QED) is 0.882. The third-order valence-corrected chi connectivity index (χ3v) is 4.19. The Hall–Kier alpha value is -1.37. The van der Waals surface area contributed by atoms with Crippen molar-refractivity contribution in [1.29, 1.82) is 0 Å². The van der Waals surface area contributed by atoms with Crippen molar-refractivity contribution in [3.63, 3.8) is 0 Å². The van der Waals surface area contributed by atoms with Gasteiger partial charge < -0.3 is 20.1 Å². The van der Waals surface area contributed by atoms with Crippen LogP contribution in [0.25, 0.3) is 0 Å². The summed E-state index contributed by atoms with van der Waals surface area (Å²) in [5.74, 6) is -0.511. The largest absolute Gasteiger partial charge is 0.393 e. The number of morpholine rings is 1. The Bertz CT molecular complexity index is 556. The monoisotopic (exact) mass is 344 g/mol. The van der Waals surface area contributed by atoms with Crippen LogP contribution in [0.3, 0.4) is 0 Å². The number of nitrogens with zero attached hydrogens (tertiary/aromatic N) is 1. The summed E-state index contributed by atoms with van der Waals surface area (Å²) < 4.78 is 18.9. The number of aliphatic hydroxyl groups is 1. The van der Waals surface area contributed by atoms with Gasteiger partial charge in [0, 0.05) is 6.54 Å². The number of halogens is 2. The highest BCUT2D eigenvalue weighted by Crippen LogP contribution is 2.21. The summed E-state index contributed by atoms with van der Waals surface area (Å²) in [4.78, 5) is 14.1. The van der Waals surface area contributed by atoms with Crippen LogP contribution >= 0.6 is 11.6 Å². The lowest BCUT2D eigenvalue weighted by molar-refractivity contribution is -0.00474. The Morgan fingerprint density at radius 3 is 2.96 bits per heavy atom. The second kappa shape index (κ2) is 7.95. The van der Waals surface area contributed by atoms with E-state index in [1.807, 2.05) is 0 Å². The molecule has 1 aliphatic rings. The lowest BCUT2D eigenvalue weighted by Crippen LogP contribution is -2.53. The van der Waals surface area contributed by atoms with Gasteiger partial charge in [-0.1, -0.05) is 17.7 Å². The van der Waals surface area contributed by atoms with E-state index in [4.69, 9.17) is 16.3 Å². The Balaban J connectivity index is 2.02. The van der Waals surface area contributed by atoms with E-state index in [9.17, 15) is 14.3 Å². The van der Waals surface area contributed by atoms with Gasteiger partial charge >= 0.3 is 6.03 Å². The normalized spacial score (nSPS) is 20.9. The second-order valence-corrected chi connectivity index (χ2v) is 6.26. The Labute approximate surface area is 140 Å². The number of amides is 2. The van der Waals surface area contributed by atoms with Crippen molar-refractivity contribution in [2.45, 2.75) is 38.5 Å². The van der Waals surface area contributed by atoms with Gasteiger partial charge in [-0.25, -0.2) is 9.18 Å². The topological polar surface area (TPSA) is 61.8 Å². The van der Waals surface area contributed by atoms with Crippen molar-refractivity contribution in [2.24, 2.45) is 0 Å². The van der Waals surface area contributed by atoms with E-state index in [2.05, 4.69) is 5.32 Å². The molecular weight excluding hydrogens is 323 g/mol. The van der Waals surface area contributed by atoms with Gasteiger partial charge in [0.2, 0.25) is 0 Å². The van der Waals surface area contributed by atoms with E-state index < -0.39 is 11.9 Å². The SMILES string of the molecule is CC(O)CC1COCCN1C(=O)NC(C)c1ccc(Cl)c(F)c1. The Morgan fingerprint density at radius 1 is 1.57 bits per heavy atom. The van der Waals surface area contributed by atoms with Crippen molar-refractivity contribution in [1.82, 2.24) is 10.2 Å². The predicted molar refractivity (Wildman–Crippen MR) is 86.0 cm³/mol. The zero-order valence-electron chi connectivity index (χ0n) is 13.3. The lowest BCUT2D eigenvalue weighted by Gasteiger charge is -2.37. The molecule has 0 spiro atoms. The van der Waals surface area contributed by atoms with Crippen LogP contribution in [0.15, 0.2) is 18.2 Å². The van der Waals surface area contributed by atoms with E-state index in [1.165, 1.54) is 12.1 Å². The zero-order valence-corrected chi connectivity index (χ0v) is 14.0. The number of hydrogen-bond donors (Lipinski definition) is 2. The van der Waals surface area contributed by atoms with Crippen LogP contribution in [0.2, 0.25) is 5.02 Å². The first-order chi connectivity index (χ1) is 10.9. The van der Waals surface area contributed by atoms with Gasteiger partial charge in [0.25, 0.3) is 0 Å². The maximum absolute atomic E-state index is 13.5. The molecule has 0 aromatic heterocycles. The molecule has 3 atom stereocenters. The molecule has 1 saturated heterocycles. The molecular formula is C16H22ClFN2O3. The molecule has 0 bridgehead atoms. The van der Waals surface area contributed by atoms with Crippen LogP contribution in [0, 0.1) is 5.82 Å². The van der Waals surface area contributed by atoms with E-state index in [-0.39, 0.29) is 23.1 Å². The van der Waals surface area contributed by atoms with E-state index >= 15 is 0 Å². The average Bonchev–Trinajstić information content (AvgIpc) is 2.49. The number of benzene rings is 1. The van der Waals surface area contributed by atoms with Crippen LogP contribution < -0.4 is 5.32 Å². The van der Waals surface area contributed by atoms with E-state index in [0.717, 1.165) is 0 Å². The number of carbonyl (C=O) groups excluding carboxylic acids is 1. The third kappa shape index (κ3) is 4.80. The molecule has 2 N–H and O–H groups in total. The summed E-state index contributed by atoms with van der Waals surface area (Å²) in [5.41, 5.74) is 0.639. The molecule has 0 saturated carbocycles. The first kappa shape index (κ1) is 18.0. The van der Waals surface area contributed by atoms with Crippen molar-refractivity contribution < 1.29 is 19.0 Å². The number of nitrogens with one attached hydrogen (secondary N) is 1. The van der Waals surface area contributed by atoms with Crippen molar-refractivity contribution in [3.8, 4) is 0 Å². The second-order valence-electron chi connectivity index (χ2n) is 5.85. The molecule has 0 radical (unpaired) electrons.